The number of amides is 2. The zero-order valence-corrected chi connectivity index (χ0v) is 18.5. The SMILES string of the molecule is COC(=O)c1ccc(N2C(=O)C(Cl)=C(Nc3ccc(C(=O)Oc4ccccc4)cc3)C2=O)cc1. The van der Waals surface area contributed by atoms with Crippen LogP contribution in [0.3, 0.4) is 0 Å². The third-order valence-electron chi connectivity index (χ3n) is 4.92. The highest BCUT2D eigenvalue weighted by atomic mass is 35.5. The fraction of sp³-hybridized carbons (Fsp3) is 0.0400. The molecule has 0 aromatic heterocycles. The summed E-state index contributed by atoms with van der Waals surface area (Å²) in [5.74, 6) is -2.03. The molecule has 0 spiro atoms. The van der Waals surface area contributed by atoms with Crippen LogP contribution in [0.2, 0.25) is 0 Å². The van der Waals surface area contributed by atoms with Crippen LogP contribution in [0.1, 0.15) is 20.7 Å². The first-order chi connectivity index (χ1) is 16.4. The molecule has 3 aromatic carbocycles. The van der Waals surface area contributed by atoms with Crippen molar-refractivity contribution in [2.75, 3.05) is 17.3 Å². The third kappa shape index (κ3) is 4.53. The Balaban J connectivity index is 1.47. The lowest BCUT2D eigenvalue weighted by Gasteiger charge is -2.15. The van der Waals surface area contributed by atoms with Crippen molar-refractivity contribution in [3.63, 3.8) is 0 Å². The summed E-state index contributed by atoms with van der Waals surface area (Å²) in [5.41, 5.74) is 1.15. The van der Waals surface area contributed by atoms with Gasteiger partial charge in [-0.25, -0.2) is 14.5 Å². The average Bonchev–Trinajstić information content (AvgIpc) is 3.07. The van der Waals surface area contributed by atoms with Gasteiger partial charge in [-0.1, -0.05) is 29.8 Å². The van der Waals surface area contributed by atoms with Crippen LogP contribution in [-0.2, 0) is 14.3 Å². The van der Waals surface area contributed by atoms with Crippen LogP contribution >= 0.6 is 11.6 Å². The van der Waals surface area contributed by atoms with Crippen molar-refractivity contribution in [1.82, 2.24) is 0 Å². The highest BCUT2D eigenvalue weighted by Gasteiger charge is 2.39. The molecule has 1 aliphatic heterocycles. The van der Waals surface area contributed by atoms with Crippen molar-refractivity contribution in [2.45, 2.75) is 0 Å². The van der Waals surface area contributed by atoms with E-state index < -0.39 is 23.8 Å². The Morgan fingerprint density at radius 1 is 0.794 bits per heavy atom. The van der Waals surface area contributed by atoms with Crippen molar-refractivity contribution in [1.29, 1.82) is 0 Å². The number of ether oxygens (including phenoxy) is 2. The fourth-order valence-corrected chi connectivity index (χ4v) is 3.41. The maximum Gasteiger partial charge on any atom is 0.343 e. The van der Waals surface area contributed by atoms with Gasteiger partial charge in [0.1, 0.15) is 16.5 Å². The number of hydrogen-bond donors (Lipinski definition) is 1. The number of methoxy groups -OCH3 is 1. The molecule has 34 heavy (non-hydrogen) atoms. The second-order valence-corrected chi connectivity index (χ2v) is 7.46. The molecule has 8 nitrogen and oxygen atoms in total. The van der Waals surface area contributed by atoms with Gasteiger partial charge in [0, 0.05) is 5.69 Å². The second-order valence-electron chi connectivity index (χ2n) is 7.08. The summed E-state index contributed by atoms with van der Waals surface area (Å²) in [7, 11) is 1.25. The minimum atomic E-state index is -0.706. The highest BCUT2D eigenvalue weighted by Crippen LogP contribution is 2.30. The minimum Gasteiger partial charge on any atom is -0.465 e. The molecule has 2 amide bonds. The summed E-state index contributed by atoms with van der Waals surface area (Å²) >= 11 is 6.15. The first kappa shape index (κ1) is 22.8. The third-order valence-corrected chi connectivity index (χ3v) is 5.27. The fourth-order valence-electron chi connectivity index (χ4n) is 3.20. The van der Waals surface area contributed by atoms with E-state index in [0.717, 1.165) is 4.90 Å². The zero-order valence-electron chi connectivity index (χ0n) is 17.8. The summed E-state index contributed by atoms with van der Waals surface area (Å²) in [6.07, 6.45) is 0. The molecule has 4 rings (SSSR count). The van der Waals surface area contributed by atoms with Gasteiger partial charge in [0.05, 0.1) is 23.9 Å². The Labute approximate surface area is 199 Å². The first-order valence-corrected chi connectivity index (χ1v) is 10.4. The predicted molar refractivity (Wildman–Crippen MR) is 125 cm³/mol. The average molecular weight is 477 g/mol. The highest BCUT2D eigenvalue weighted by molar-refractivity contribution is 6.53. The lowest BCUT2D eigenvalue weighted by molar-refractivity contribution is -0.120. The summed E-state index contributed by atoms with van der Waals surface area (Å²) < 4.78 is 9.93. The summed E-state index contributed by atoms with van der Waals surface area (Å²) in [5, 5.41) is 2.55. The van der Waals surface area contributed by atoms with E-state index >= 15 is 0 Å². The normalized spacial score (nSPS) is 13.2. The summed E-state index contributed by atoms with van der Waals surface area (Å²) in [6, 6.07) is 20.6. The lowest BCUT2D eigenvalue weighted by Crippen LogP contribution is -2.32. The predicted octanol–water partition coefficient (Wildman–Crippen LogP) is 4.13. The monoisotopic (exact) mass is 476 g/mol. The molecule has 1 N–H and O–H groups in total. The Bertz CT molecular complexity index is 1300. The molecule has 0 bridgehead atoms. The van der Waals surface area contributed by atoms with Crippen LogP contribution in [0.4, 0.5) is 11.4 Å². The molecule has 1 heterocycles. The zero-order chi connectivity index (χ0) is 24.2. The lowest BCUT2D eigenvalue weighted by atomic mass is 10.2. The van der Waals surface area contributed by atoms with Crippen LogP contribution < -0.4 is 15.0 Å². The second kappa shape index (κ2) is 9.60. The first-order valence-electron chi connectivity index (χ1n) is 10.0. The van der Waals surface area contributed by atoms with Crippen molar-refractivity contribution >= 4 is 46.7 Å². The molecule has 0 atom stereocenters. The minimum absolute atomic E-state index is 0.108. The number of esters is 2. The molecule has 0 saturated carbocycles. The molecule has 170 valence electrons. The van der Waals surface area contributed by atoms with Crippen LogP contribution in [0.5, 0.6) is 5.75 Å². The Morgan fingerprint density at radius 3 is 2.00 bits per heavy atom. The van der Waals surface area contributed by atoms with Crippen molar-refractivity contribution in [2.24, 2.45) is 0 Å². The van der Waals surface area contributed by atoms with Gasteiger partial charge >= 0.3 is 11.9 Å². The van der Waals surface area contributed by atoms with E-state index in [2.05, 4.69) is 10.1 Å². The van der Waals surface area contributed by atoms with E-state index in [1.165, 1.54) is 43.5 Å². The van der Waals surface area contributed by atoms with Crippen molar-refractivity contribution in [3.05, 3.63) is 101 Å². The molecule has 9 heteroatoms. The number of benzene rings is 3. The molecule has 0 fully saturated rings. The molecule has 0 saturated heterocycles. The van der Waals surface area contributed by atoms with Crippen molar-refractivity contribution in [3.8, 4) is 5.75 Å². The number of hydrogen-bond acceptors (Lipinski definition) is 7. The standard InChI is InChI=1S/C25H17ClN2O6/c1-33-24(31)15-9-13-18(14-10-15)28-22(29)20(26)21(23(28)30)27-17-11-7-16(8-12-17)25(32)34-19-5-3-2-4-6-19/h2-14,27H,1H3. The number of anilines is 2. The van der Waals surface area contributed by atoms with E-state index in [9.17, 15) is 19.2 Å². The van der Waals surface area contributed by atoms with E-state index in [-0.39, 0.29) is 22.0 Å². The van der Waals surface area contributed by atoms with Crippen molar-refractivity contribution < 1.29 is 28.7 Å². The number of carbonyl (C=O) groups is 4. The van der Waals surface area contributed by atoms with Crippen LogP contribution in [0.25, 0.3) is 0 Å². The number of rotatable bonds is 6. The van der Waals surface area contributed by atoms with Gasteiger partial charge in [-0.3, -0.25) is 9.59 Å². The molecular formula is C25H17ClN2O6. The van der Waals surface area contributed by atoms with Gasteiger partial charge in [0.15, 0.2) is 0 Å². The quantitative estimate of drug-likeness (QED) is 0.324. The molecule has 0 unspecified atom stereocenters. The largest absolute Gasteiger partial charge is 0.465 e. The number of halogens is 1. The number of nitrogens with one attached hydrogen (secondary N) is 1. The van der Waals surface area contributed by atoms with Crippen LogP contribution in [0, 0.1) is 0 Å². The Morgan fingerprint density at radius 2 is 1.38 bits per heavy atom. The maximum atomic E-state index is 12.9. The number of para-hydroxylation sites is 1. The van der Waals surface area contributed by atoms with E-state index in [1.54, 1.807) is 36.4 Å². The number of nitrogens with zero attached hydrogens (tertiary/aromatic N) is 1. The van der Waals surface area contributed by atoms with Gasteiger partial charge in [-0.2, -0.15) is 0 Å². The van der Waals surface area contributed by atoms with Crippen LogP contribution in [0.15, 0.2) is 89.6 Å². The summed E-state index contributed by atoms with van der Waals surface area (Å²) in [4.78, 5) is 50.3. The van der Waals surface area contributed by atoms with E-state index in [4.69, 9.17) is 16.3 Å². The molecule has 3 aromatic rings. The molecule has 0 radical (unpaired) electrons. The van der Waals surface area contributed by atoms with Crippen LogP contribution in [-0.4, -0.2) is 30.9 Å². The number of imide groups is 1. The molecule has 1 aliphatic rings. The van der Waals surface area contributed by atoms with Gasteiger partial charge < -0.3 is 14.8 Å². The molecule has 0 aliphatic carbocycles. The Kier molecular flexibility index (Phi) is 6.42. The topological polar surface area (TPSA) is 102 Å². The smallest absolute Gasteiger partial charge is 0.343 e. The molecular weight excluding hydrogens is 460 g/mol. The number of carbonyl (C=O) groups excluding carboxylic acids is 4. The summed E-state index contributed by atoms with van der Waals surface area (Å²) in [6.45, 7) is 0. The van der Waals surface area contributed by atoms with Gasteiger partial charge in [-0.05, 0) is 60.7 Å². The van der Waals surface area contributed by atoms with Gasteiger partial charge in [-0.15, -0.1) is 0 Å². The van der Waals surface area contributed by atoms with E-state index in [1.807, 2.05) is 6.07 Å². The van der Waals surface area contributed by atoms with Gasteiger partial charge in [0.2, 0.25) is 0 Å². The Hall–Kier alpha value is -4.43. The van der Waals surface area contributed by atoms with E-state index in [0.29, 0.717) is 17.0 Å². The van der Waals surface area contributed by atoms with Gasteiger partial charge in [0.25, 0.3) is 11.8 Å². The maximum absolute atomic E-state index is 12.9.